The van der Waals surface area contributed by atoms with Gasteiger partial charge in [0.15, 0.2) is 0 Å². The number of allylic oxidation sites excluding steroid dienone is 5. The standard InChI is InChI=1S/C57H107NO5/c1-3-5-7-9-11-13-15-17-22-26-29-33-37-41-45-49-55(60)54(53-59)58-56(61)50-46-42-38-34-30-27-23-20-18-19-21-24-28-32-36-40-44-48-52-63-57(62)51-47-43-39-35-31-25-16-14-12-10-8-6-4-2/h8,10,14,16,45,49,54-55,59-60H,3-7,9,11-13,15,17-44,46-48,50-53H2,1-2H3,(H,58,61)/b10-8-,16-14-,49-45+. The largest absolute Gasteiger partial charge is 0.466 e. The molecule has 0 bridgehead atoms. The van der Waals surface area contributed by atoms with Gasteiger partial charge in [-0.3, -0.25) is 9.59 Å². The molecule has 0 heterocycles. The van der Waals surface area contributed by atoms with Crippen LogP contribution in [0.2, 0.25) is 0 Å². The number of aliphatic hydroxyl groups excluding tert-OH is 2. The number of esters is 1. The monoisotopic (exact) mass is 886 g/mol. The van der Waals surface area contributed by atoms with Gasteiger partial charge in [-0.1, -0.05) is 256 Å². The van der Waals surface area contributed by atoms with E-state index in [1.165, 1.54) is 212 Å². The van der Waals surface area contributed by atoms with Crippen molar-refractivity contribution in [2.45, 2.75) is 302 Å². The number of unbranched alkanes of at least 4 members (excludes halogenated alkanes) is 36. The molecule has 6 nitrogen and oxygen atoms in total. The van der Waals surface area contributed by atoms with E-state index < -0.39 is 12.1 Å². The van der Waals surface area contributed by atoms with Crippen LogP contribution in [0.4, 0.5) is 0 Å². The molecule has 3 N–H and O–H groups in total. The second kappa shape index (κ2) is 52.7. The summed E-state index contributed by atoms with van der Waals surface area (Å²) in [5.41, 5.74) is 0. The molecule has 2 atom stereocenters. The van der Waals surface area contributed by atoms with Crippen molar-refractivity contribution in [2.75, 3.05) is 13.2 Å². The molecule has 0 aromatic heterocycles. The molecule has 0 saturated carbocycles. The van der Waals surface area contributed by atoms with Crippen molar-refractivity contribution in [2.24, 2.45) is 0 Å². The van der Waals surface area contributed by atoms with Crippen molar-refractivity contribution in [1.82, 2.24) is 5.32 Å². The average molecular weight is 886 g/mol. The fourth-order valence-electron chi connectivity index (χ4n) is 8.38. The molecular weight excluding hydrogens is 779 g/mol. The van der Waals surface area contributed by atoms with Gasteiger partial charge in [-0.2, -0.15) is 0 Å². The Morgan fingerprint density at radius 3 is 1.27 bits per heavy atom. The van der Waals surface area contributed by atoms with E-state index in [1.54, 1.807) is 6.08 Å². The van der Waals surface area contributed by atoms with Crippen molar-refractivity contribution in [3.8, 4) is 0 Å². The number of hydrogen-bond acceptors (Lipinski definition) is 5. The van der Waals surface area contributed by atoms with Gasteiger partial charge >= 0.3 is 5.97 Å². The number of carbonyl (C=O) groups is 2. The summed E-state index contributed by atoms with van der Waals surface area (Å²) in [4.78, 5) is 24.5. The van der Waals surface area contributed by atoms with Crippen LogP contribution in [0.5, 0.6) is 0 Å². The van der Waals surface area contributed by atoms with Gasteiger partial charge in [0, 0.05) is 12.8 Å². The van der Waals surface area contributed by atoms with Crippen LogP contribution in [0.1, 0.15) is 290 Å². The summed E-state index contributed by atoms with van der Waals surface area (Å²) in [5.74, 6) is -0.0812. The first kappa shape index (κ1) is 61.1. The Morgan fingerprint density at radius 2 is 0.825 bits per heavy atom. The molecule has 0 aliphatic carbocycles. The van der Waals surface area contributed by atoms with E-state index in [0.717, 1.165) is 51.4 Å². The van der Waals surface area contributed by atoms with Crippen molar-refractivity contribution in [1.29, 1.82) is 0 Å². The third kappa shape index (κ3) is 49.4. The van der Waals surface area contributed by atoms with Gasteiger partial charge in [0.25, 0.3) is 0 Å². The van der Waals surface area contributed by atoms with E-state index in [2.05, 4.69) is 43.5 Å². The van der Waals surface area contributed by atoms with Crippen LogP contribution in [0.15, 0.2) is 36.5 Å². The van der Waals surface area contributed by atoms with Crippen molar-refractivity contribution in [3.05, 3.63) is 36.5 Å². The number of rotatable bonds is 51. The second-order valence-corrected chi connectivity index (χ2v) is 18.9. The summed E-state index contributed by atoms with van der Waals surface area (Å²) in [6, 6.07) is -0.631. The zero-order valence-electron chi connectivity index (χ0n) is 42.1. The molecule has 0 rings (SSSR count). The predicted molar refractivity (Wildman–Crippen MR) is 273 cm³/mol. The van der Waals surface area contributed by atoms with Gasteiger partial charge in [-0.25, -0.2) is 0 Å². The van der Waals surface area contributed by atoms with Crippen molar-refractivity contribution < 1.29 is 24.5 Å². The summed E-state index contributed by atoms with van der Waals surface area (Å²) in [6.07, 6.45) is 64.4. The second-order valence-electron chi connectivity index (χ2n) is 18.9. The third-order valence-electron chi connectivity index (χ3n) is 12.6. The molecular formula is C57H107NO5. The Bertz CT molecular complexity index is 1020. The zero-order chi connectivity index (χ0) is 45.8. The van der Waals surface area contributed by atoms with Crippen molar-refractivity contribution >= 4 is 11.9 Å². The quantitative estimate of drug-likeness (QED) is 0.0321. The lowest BCUT2D eigenvalue weighted by atomic mass is 10.0. The number of aliphatic hydroxyl groups is 2. The highest BCUT2D eigenvalue weighted by atomic mass is 16.5. The Kier molecular flexibility index (Phi) is 51.1. The topological polar surface area (TPSA) is 95.9 Å². The Morgan fingerprint density at radius 1 is 0.444 bits per heavy atom. The maximum absolute atomic E-state index is 12.4. The summed E-state index contributed by atoms with van der Waals surface area (Å²) in [5, 5.41) is 23.1. The van der Waals surface area contributed by atoms with Gasteiger partial charge < -0.3 is 20.3 Å². The van der Waals surface area contributed by atoms with E-state index in [1.807, 2.05) is 6.08 Å². The zero-order valence-corrected chi connectivity index (χ0v) is 42.1. The normalized spacial score (nSPS) is 12.9. The number of amides is 1. The molecule has 6 heteroatoms. The van der Waals surface area contributed by atoms with Gasteiger partial charge in [-0.05, 0) is 57.8 Å². The lowest BCUT2D eigenvalue weighted by Gasteiger charge is -2.20. The molecule has 0 aliphatic rings. The fraction of sp³-hybridized carbons (Fsp3) is 0.860. The lowest BCUT2D eigenvalue weighted by molar-refractivity contribution is -0.143. The Hall–Kier alpha value is -1.92. The first-order valence-electron chi connectivity index (χ1n) is 27.8. The molecule has 0 aromatic carbocycles. The SMILES string of the molecule is CCC/C=C\C/C=C\CCCCCCCC(=O)OCCCCCCCCCCCCCCCCCCCCC(=O)NC(CO)C(O)/C=C/CCCCCCCCCCCCCCC. The van der Waals surface area contributed by atoms with Crippen LogP contribution >= 0.6 is 0 Å². The minimum absolute atomic E-state index is 0.00921. The highest BCUT2D eigenvalue weighted by Crippen LogP contribution is 2.16. The van der Waals surface area contributed by atoms with Crippen molar-refractivity contribution in [3.63, 3.8) is 0 Å². The number of hydrogen-bond donors (Lipinski definition) is 3. The predicted octanol–water partition coefficient (Wildman–Crippen LogP) is 16.9. The first-order valence-corrected chi connectivity index (χ1v) is 27.8. The maximum atomic E-state index is 12.4. The highest BCUT2D eigenvalue weighted by Gasteiger charge is 2.18. The van der Waals surface area contributed by atoms with E-state index in [-0.39, 0.29) is 18.5 Å². The molecule has 0 aromatic rings. The molecule has 0 aliphatic heterocycles. The number of carbonyl (C=O) groups excluding carboxylic acids is 2. The molecule has 0 radical (unpaired) electrons. The Labute approximate surface area is 392 Å². The van der Waals surface area contributed by atoms with Gasteiger partial charge in [-0.15, -0.1) is 0 Å². The summed E-state index contributed by atoms with van der Waals surface area (Å²) in [6.45, 7) is 4.83. The van der Waals surface area contributed by atoms with Gasteiger partial charge in [0.2, 0.25) is 5.91 Å². The number of nitrogens with one attached hydrogen (secondary N) is 1. The smallest absolute Gasteiger partial charge is 0.305 e. The van der Waals surface area contributed by atoms with Gasteiger partial charge in [0.05, 0.1) is 25.4 Å². The molecule has 2 unspecified atom stereocenters. The van der Waals surface area contributed by atoms with E-state index in [4.69, 9.17) is 4.74 Å². The summed E-state index contributed by atoms with van der Waals surface area (Å²) >= 11 is 0. The fourth-order valence-corrected chi connectivity index (χ4v) is 8.38. The molecule has 63 heavy (non-hydrogen) atoms. The van der Waals surface area contributed by atoms with Crippen LogP contribution in [0.3, 0.4) is 0 Å². The van der Waals surface area contributed by atoms with E-state index in [0.29, 0.717) is 19.4 Å². The van der Waals surface area contributed by atoms with E-state index in [9.17, 15) is 19.8 Å². The molecule has 0 spiro atoms. The number of ether oxygens (including phenoxy) is 1. The summed E-state index contributed by atoms with van der Waals surface area (Å²) in [7, 11) is 0. The summed E-state index contributed by atoms with van der Waals surface area (Å²) < 4.78 is 5.46. The van der Waals surface area contributed by atoms with Crippen LogP contribution < -0.4 is 5.32 Å². The molecule has 1 amide bonds. The molecule has 0 saturated heterocycles. The molecule has 370 valence electrons. The van der Waals surface area contributed by atoms with E-state index >= 15 is 0 Å². The van der Waals surface area contributed by atoms with Crippen LogP contribution in [-0.2, 0) is 14.3 Å². The lowest BCUT2D eigenvalue weighted by Crippen LogP contribution is -2.45. The minimum atomic E-state index is -0.847. The highest BCUT2D eigenvalue weighted by molar-refractivity contribution is 5.76. The molecule has 0 fully saturated rings. The third-order valence-corrected chi connectivity index (χ3v) is 12.6. The first-order chi connectivity index (χ1) is 31.0. The van der Waals surface area contributed by atoms with Crippen LogP contribution in [0.25, 0.3) is 0 Å². The minimum Gasteiger partial charge on any atom is -0.466 e. The van der Waals surface area contributed by atoms with Gasteiger partial charge in [0.1, 0.15) is 0 Å². The van der Waals surface area contributed by atoms with Crippen LogP contribution in [0, 0.1) is 0 Å². The maximum Gasteiger partial charge on any atom is 0.305 e. The van der Waals surface area contributed by atoms with Crippen LogP contribution in [-0.4, -0.2) is 47.4 Å². The Balaban J connectivity index is 3.45. The average Bonchev–Trinajstić information content (AvgIpc) is 3.28.